The third-order valence-electron chi connectivity index (χ3n) is 4.37. The third-order valence-corrected chi connectivity index (χ3v) is 5.49. The second-order valence-corrected chi connectivity index (χ2v) is 7.81. The van der Waals surface area contributed by atoms with Crippen LogP contribution in [0.1, 0.15) is 28.2 Å². The first kappa shape index (κ1) is 19.9. The van der Waals surface area contributed by atoms with E-state index in [-0.39, 0.29) is 5.57 Å². The molecule has 0 radical (unpaired) electrons. The Kier molecular flexibility index (Phi) is 5.68. The Morgan fingerprint density at radius 3 is 2.64 bits per heavy atom. The summed E-state index contributed by atoms with van der Waals surface area (Å²) in [5.74, 6) is -0.468. The second-order valence-electron chi connectivity index (χ2n) is 6.51. The summed E-state index contributed by atoms with van der Waals surface area (Å²) in [7, 11) is 0. The van der Waals surface area contributed by atoms with E-state index in [1.54, 1.807) is 6.08 Å². The van der Waals surface area contributed by atoms with E-state index in [1.165, 1.54) is 11.3 Å². The van der Waals surface area contributed by atoms with E-state index < -0.39 is 5.91 Å². The quantitative estimate of drug-likeness (QED) is 0.464. The fourth-order valence-corrected chi connectivity index (χ4v) is 3.96. The summed E-state index contributed by atoms with van der Waals surface area (Å²) in [6, 6.07) is 9.68. The largest absolute Gasteiger partial charge is 0.318 e. The van der Waals surface area contributed by atoms with Gasteiger partial charge in [-0.3, -0.25) is 10.1 Å². The number of anilines is 1. The number of amides is 1. The highest BCUT2D eigenvalue weighted by Crippen LogP contribution is 2.26. The van der Waals surface area contributed by atoms with Crippen molar-refractivity contribution in [3.63, 3.8) is 0 Å². The number of nitrogens with zero attached hydrogens (tertiary/aromatic N) is 3. The standard InChI is InChI=1S/C21H19ClN4OS/c1-12-7-18(22)5-6-19(12)26-14(3)8-16(15(26)4)9-17(10-23)20(27)25-21-24-13(2)11-28-21/h5-9,11H,1-4H3,(H,24,25,27)/b17-9-. The van der Waals surface area contributed by atoms with Gasteiger partial charge >= 0.3 is 0 Å². The molecule has 0 bridgehead atoms. The number of benzene rings is 1. The van der Waals surface area contributed by atoms with E-state index in [0.717, 1.165) is 33.9 Å². The van der Waals surface area contributed by atoms with Crippen LogP contribution in [-0.4, -0.2) is 15.5 Å². The van der Waals surface area contributed by atoms with Gasteiger partial charge in [0.25, 0.3) is 5.91 Å². The van der Waals surface area contributed by atoms with Crippen LogP contribution in [0.15, 0.2) is 35.2 Å². The molecule has 1 N–H and O–H groups in total. The number of rotatable bonds is 4. The van der Waals surface area contributed by atoms with E-state index in [1.807, 2.05) is 63.4 Å². The summed E-state index contributed by atoms with van der Waals surface area (Å²) in [5, 5.41) is 15.2. The Bertz CT molecular complexity index is 1130. The number of carbonyl (C=O) groups excluding carboxylic acids is 1. The Morgan fingerprint density at radius 2 is 2.04 bits per heavy atom. The van der Waals surface area contributed by atoms with Crippen LogP contribution in [0.25, 0.3) is 11.8 Å². The number of nitriles is 1. The van der Waals surface area contributed by atoms with Gasteiger partial charge in [0.05, 0.1) is 5.69 Å². The molecule has 0 aliphatic heterocycles. The molecule has 0 fully saturated rings. The van der Waals surface area contributed by atoms with Gasteiger partial charge in [-0.15, -0.1) is 11.3 Å². The smallest absolute Gasteiger partial charge is 0.268 e. The van der Waals surface area contributed by atoms with Gasteiger partial charge in [0.2, 0.25) is 0 Å². The summed E-state index contributed by atoms with van der Waals surface area (Å²) in [4.78, 5) is 16.7. The van der Waals surface area contributed by atoms with Gasteiger partial charge in [-0.05, 0) is 69.2 Å². The normalized spacial score (nSPS) is 11.4. The number of halogens is 1. The maximum Gasteiger partial charge on any atom is 0.268 e. The Balaban J connectivity index is 1.97. The molecule has 0 aliphatic carbocycles. The number of thiazole rings is 1. The fraction of sp³-hybridized carbons (Fsp3) is 0.190. The predicted molar refractivity (Wildman–Crippen MR) is 114 cm³/mol. The zero-order valence-corrected chi connectivity index (χ0v) is 17.6. The van der Waals surface area contributed by atoms with Gasteiger partial charge in [-0.1, -0.05) is 11.6 Å². The van der Waals surface area contributed by atoms with E-state index in [9.17, 15) is 10.1 Å². The fourth-order valence-electron chi connectivity index (χ4n) is 3.05. The number of carbonyl (C=O) groups is 1. The van der Waals surface area contributed by atoms with Gasteiger partial charge in [-0.25, -0.2) is 4.98 Å². The van der Waals surface area contributed by atoms with Crippen LogP contribution in [0.4, 0.5) is 5.13 Å². The summed E-state index contributed by atoms with van der Waals surface area (Å²) in [6.07, 6.45) is 1.61. The number of hydrogen-bond donors (Lipinski definition) is 1. The predicted octanol–water partition coefficient (Wildman–Crippen LogP) is 5.37. The van der Waals surface area contributed by atoms with Crippen LogP contribution in [0.5, 0.6) is 0 Å². The Hall–Kier alpha value is -2.88. The molecule has 0 saturated heterocycles. The molecule has 1 aromatic carbocycles. The van der Waals surface area contributed by atoms with Gasteiger partial charge in [-0.2, -0.15) is 5.26 Å². The SMILES string of the molecule is Cc1csc(NC(=O)/C(C#N)=C\c2cc(C)n(-c3ccc(Cl)cc3C)c2C)n1. The maximum absolute atomic E-state index is 12.5. The lowest BCUT2D eigenvalue weighted by atomic mass is 10.1. The van der Waals surface area contributed by atoms with E-state index >= 15 is 0 Å². The summed E-state index contributed by atoms with van der Waals surface area (Å²) >= 11 is 7.40. The van der Waals surface area contributed by atoms with Gasteiger partial charge in [0, 0.05) is 27.5 Å². The minimum atomic E-state index is -0.468. The highest BCUT2D eigenvalue weighted by molar-refractivity contribution is 7.13. The highest BCUT2D eigenvalue weighted by Gasteiger charge is 2.15. The van der Waals surface area contributed by atoms with Gasteiger partial charge < -0.3 is 4.57 Å². The van der Waals surface area contributed by atoms with Crippen molar-refractivity contribution in [3.05, 3.63) is 68.4 Å². The molecule has 7 heteroatoms. The lowest BCUT2D eigenvalue weighted by Crippen LogP contribution is -2.13. The first-order chi connectivity index (χ1) is 13.3. The van der Waals surface area contributed by atoms with Crippen molar-refractivity contribution >= 4 is 40.1 Å². The molecule has 0 aliphatic rings. The minimum Gasteiger partial charge on any atom is -0.318 e. The third kappa shape index (κ3) is 4.01. The molecule has 5 nitrogen and oxygen atoms in total. The number of hydrogen-bond acceptors (Lipinski definition) is 4. The molecular weight excluding hydrogens is 392 g/mol. The lowest BCUT2D eigenvalue weighted by Gasteiger charge is -2.13. The van der Waals surface area contributed by atoms with Crippen molar-refractivity contribution in [1.82, 2.24) is 9.55 Å². The first-order valence-corrected chi connectivity index (χ1v) is 9.86. The van der Waals surface area contributed by atoms with Crippen LogP contribution in [0, 0.1) is 39.0 Å². The molecule has 0 atom stereocenters. The monoisotopic (exact) mass is 410 g/mol. The summed E-state index contributed by atoms with van der Waals surface area (Å²) < 4.78 is 2.09. The van der Waals surface area contributed by atoms with Crippen molar-refractivity contribution in [1.29, 1.82) is 5.26 Å². The summed E-state index contributed by atoms with van der Waals surface area (Å²) in [5.41, 5.74) is 5.66. The van der Waals surface area contributed by atoms with Crippen molar-refractivity contribution in [2.24, 2.45) is 0 Å². The van der Waals surface area contributed by atoms with Crippen molar-refractivity contribution in [2.45, 2.75) is 27.7 Å². The van der Waals surface area contributed by atoms with Crippen LogP contribution >= 0.6 is 22.9 Å². The second kappa shape index (κ2) is 8.01. The van der Waals surface area contributed by atoms with E-state index in [2.05, 4.69) is 14.9 Å². The maximum atomic E-state index is 12.5. The molecule has 142 valence electrons. The van der Waals surface area contributed by atoms with Crippen molar-refractivity contribution in [3.8, 4) is 11.8 Å². The average molecular weight is 411 g/mol. The van der Waals surface area contributed by atoms with Crippen LogP contribution in [0.2, 0.25) is 5.02 Å². The van der Waals surface area contributed by atoms with E-state index in [4.69, 9.17) is 11.6 Å². The molecule has 1 amide bonds. The van der Waals surface area contributed by atoms with Gasteiger partial charge in [0.15, 0.2) is 5.13 Å². The topological polar surface area (TPSA) is 70.7 Å². The zero-order chi connectivity index (χ0) is 20.4. The molecule has 3 rings (SSSR count). The van der Waals surface area contributed by atoms with Crippen LogP contribution in [-0.2, 0) is 4.79 Å². The Labute approximate surface area is 172 Å². The van der Waals surface area contributed by atoms with E-state index in [0.29, 0.717) is 10.2 Å². The molecule has 0 spiro atoms. The molecular formula is C21H19ClN4OS. The number of aromatic nitrogens is 2. The number of nitrogens with one attached hydrogen (secondary N) is 1. The van der Waals surface area contributed by atoms with Crippen LogP contribution in [0.3, 0.4) is 0 Å². The van der Waals surface area contributed by atoms with Gasteiger partial charge in [0.1, 0.15) is 11.6 Å². The molecule has 0 saturated carbocycles. The van der Waals surface area contributed by atoms with Crippen LogP contribution < -0.4 is 5.32 Å². The first-order valence-electron chi connectivity index (χ1n) is 8.61. The van der Waals surface area contributed by atoms with Crippen molar-refractivity contribution in [2.75, 3.05) is 5.32 Å². The number of aryl methyl sites for hydroxylation is 3. The molecule has 28 heavy (non-hydrogen) atoms. The minimum absolute atomic E-state index is 0.0286. The molecule has 3 aromatic rings. The lowest BCUT2D eigenvalue weighted by molar-refractivity contribution is -0.112. The Morgan fingerprint density at radius 1 is 1.29 bits per heavy atom. The molecule has 2 heterocycles. The molecule has 0 unspecified atom stereocenters. The molecule has 2 aromatic heterocycles. The van der Waals surface area contributed by atoms with Crippen molar-refractivity contribution < 1.29 is 4.79 Å². The summed E-state index contributed by atoms with van der Waals surface area (Å²) in [6.45, 7) is 7.80. The zero-order valence-electron chi connectivity index (χ0n) is 16.0. The highest BCUT2D eigenvalue weighted by atomic mass is 35.5. The average Bonchev–Trinajstić information content (AvgIpc) is 3.16.